The van der Waals surface area contributed by atoms with Crippen LogP contribution >= 0.6 is 0 Å². The molecule has 156 valence electrons. The molecule has 31 heavy (non-hydrogen) atoms. The van der Waals surface area contributed by atoms with Crippen LogP contribution in [0.2, 0.25) is 0 Å². The van der Waals surface area contributed by atoms with E-state index in [4.69, 9.17) is 5.10 Å². The summed E-state index contributed by atoms with van der Waals surface area (Å²) in [6, 6.07) is 21.0. The molecule has 1 aromatic heterocycles. The molecule has 1 heterocycles. The molecule has 3 aromatic carbocycles. The van der Waals surface area contributed by atoms with Gasteiger partial charge in [0.05, 0.1) is 12.1 Å². The van der Waals surface area contributed by atoms with Crippen molar-refractivity contribution < 1.29 is 18.7 Å². The van der Waals surface area contributed by atoms with E-state index in [1.165, 1.54) is 24.3 Å². The first kappa shape index (κ1) is 20.5. The van der Waals surface area contributed by atoms with Gasteiger partial charge in [0.2, 0.25) is 0 Å². The van der Waals surface area contributed by atoms with Gasteiger partial charge in [0.15, 0.2) is 0 Å². The quantitative estimate of drug-likeness (QED) is 0.456. The molecule has 0 atom stereocenters. The fourth-order valence-electron chi connectivity index (χ4n) is 3.76. The molecule has 0 unspecified atom stereocenters. The van der Waals surface area contributed by atoms with Gasteiger partial charge in [-0.2, -0.15) is 5.10 Å². The zero-order chi connectivity index (χ0) is 22.0. The molecule has 6 heteroatoms. The summed E-state index contributed by atoms with van der Waals surface area (Å²) >= 11 is 0. The summed E-state index contributed by atoms with van der Waals surface area (Å²) < 4.78 is 28.9. The van der Waals surface area contributed by atoms with Crippen LogP contribution in [0.4, 0.5) is 8.78 Å². The van der Waals surface area contributed by atoms with Crippen molar-refractivity contribution in [2.75, 3.05) is 0 Å². The highest BCUT2D eigenvalue weighted by Gasteiger charge is 2.25. The second-order valence-electron chi connectivity index (χ2n) is 7.30. The monoisotopic (exact) mass is 418 g/mol. The highest BCUT2D eigenvalue weighted by molar-refractivity contribution is 5.76. The van der Waals surface area contributed by atoms with Gasteiger partial charge in [-0.05, 0) is 42.3 Å². The van der Waals surface area contributed by atoms with Crippen molar-refractivity contribution >= 4 is 5.97 Å². The van der Waals surface area contributed by atoms with Crippen LogP contribution < -0.4 is 0 Å². The fraction of sp³-hybridized carbons (Fsp3) is 0.120. The molecular formula is C25H20F2N2O2. The van der Waals surface area contributed by atoms with Crippen molar-refractivity contribution in [2.24, 2.45) is 0 Å². The molecule has 0 amide bonds. The zero-order valence-electron chi connectivity index (χ0n) is 16.8. The number of carboxylic acids is 1. The van der Waals surface area contributed by atoms with Gasteiger partial charge in [0, 0.05) is 16.8 Å². The Kier molecular flexibility index (Phi) is 5.62. The average molecular weight is 418 g/mol. The minimum atomic E-state index is -0.958. The SMILES string of the molecule is Cc1c(CC(=O)O)c(-c2ccccc2)nn1C(c1ccc(F)cc1)c1ccc(F)cc1. The maximum absolute atomic E-state index is 13.6. The van der Waals surface area contributed by atoms with E-state index in [1.807, 2.05) is 37.3 Å². The Labute approximate surface area is 178 Å². The second-order valence-corrected chi connectivity index (χ2v) is 7.30. The number of carbonyl (C=O) groups is 1. The van der Waals surface area contributed by atoms with Crippen LogP contribution in [0.3, 0.4) is 0 Å². The largest absolute Gasteiger partial charge is 0.481 e. The Balaban J connectivity index is 1.94. The maximum Gasteiger partial charge on any atom is 0.307 e. The number of aliphatic carboxylic acids is 1. The summed E-state index contributed by atoms with van der Waals surface area (Å²) in [6.45, 7) is 1.82. The number of benzene rings is 3. The molecular weight excluding hydrogens is 398 g/mol. The van der Waals surface area contributed by atoms with Crippen molar-refractivity contribution in [3.8, 4) is 11.3 Å². The van der Waals surface area contributed by atoms with Gasteiger partial charge < -0.3 is 5.11 Å². The lowest BCUT2D eigenvalue weighted by atomic mass is 9.98. The van der Waals surface area contributed by atoms with Crippen LogP contribution in [0.5, 0.6) is 0 Å². The average Bonchev–Trinajstić information content (AvgIpc) is 3.07. The Morgan fingerprint density at radius 2 is 1.42 bits per heavy atom. The van der Waals surface area contributed by atoms with Crippen LogP contribution in [0.1, 0.15) is 28.4 Å². The van der Waals surface area contributed by atoms with Gasteiger partial charge in [-0.1, -0.05) is 54.6 Å². The van der Waals surface area contributed by atoms with Crippen LogP contribution in [0, 0.1) is 18.6 Å². The van der Waals surface area contributed by atoms with Crippen LogP contribution in [-0.4, -0.2) is 20.9 Å². The Morgan fingerprint density at radius 1 is 0.903 bits per heavy atom. The van der Waals surface area contributed by atoms with Crippen LogP contribution in [0.25, 0.3) is 11.3 Å². The first-order chi connectivity index (χ1) is 14.9. The second kappa shape index (κ2) is 8.52. The first-order valence-electron chi connectivity index (χ1n) is 9.80. The fourth-order valence-corrected chi connectivity index (χ4v) is 3.76. The van der Waals surface area contributed by atoms with Crippen LogP contribution in [0.15, 0.2) is 78.9 Å². The van der Waals surface area contributed by atoms with Crippen molar-refractivity contribution in [1.82, 2.24) is 9.78 Å². The normalized spacial score (nSPS) is 11.1. The highest BCUT2D eigenvalue weighted by atomic mass is 19.1. The topological polar surface area (TPSA) is 55.1 Å². The summed E-state index contributed by atoms with van der Waals surface area (Å²) in [4.78, 5) is 11.6. The summed E-state index contributed by atoms with van der Waals surface area (Å²) in [5.41, 5.74) is 4.17. The molecule has 0 aliphatic carbocycles. The molecule has 4 aromatic rings. The molecule has 0 radical (unpaired) electrons. The van der Waals surface area contributed by atoms with E-state index in [9.17, 15) is 18.7 Å². The molecule has 4 nitrogen and oxygen atoms in total. The molecule has 4 rings (SSSR count). The molecule has 0 bridgehead atoms. The highest BCUT2D eigenvalue weighted by Crippen LogP contribution is 2.33. The van der Waals surface area contributed by atoms with E-state index >= 15 is 0 Å². The lowest BCUT2D eigenvalue weighted by Gasteiger charge is -2.21. The molecule has 1 N–H and O–H groups in total. The molecule has 0 fully saturated rings. The molecule has 0 saturated carbocycles. The number of aromatic nitrogens is 2. The van der Waals surface area contributed by atoms with Gasteiger partial charge in [-0.25, -0.2) is 8.78 Å². The van der Waals surface area contributed by atoms with Gasteiger partial charge in [0.1, 0.15) is 17.7 Å². The third-order valence-corrected chi connectivity index (χ3v) is 5.27. The molecule has 0 aliphatic rings. The molecule has 0 aliphatic heterocycles. The summed E-state index contributed by atoms with van der Waals surface area (Å²) in [5, 5.41) is 14.3. The Bertz CT molecular complexity index is 1160. The number of hydrogen-bond donors (Lipinski definition) is 1. The van der Waals surface area contributed by atoms with Crippen molar-refractivity contribution in [2.45, 2.75) is 19.4 Å². The summed E-state index contributed by atoms with van der Waals surface area (Å²) in [5.74, 6) is -1.69. The van der Waals surface area contributed by atoms with E-state index in [-0.39, 0.29) is 18.1 Å². The van der Waals surface area contributed by atoms with Crippen LogP contribution in [-0.2, 0) is 11.2 Å². The lowest BCUT2D eigenvalue weighted by molar-refractivity contribution is -0.136. The summed E-state index contributed by atoms with van der Waals surface area (Å²) in [6.07, 6.45) is -0.185. The zero-order valence-corrected chi connectivity index (χ0v) is 16.8. The number of carboxylic acid groups (broad SMARTS) is 1. The summed E-state index contributed by atoms with van der Waals surface area (Å²) in [7, 11) is 0. The number of halogens is 2. The van der Waals surface area contributed by atoms with Gasteiger partial charge in [-0.15, -0.1) is 0 Å². The van der Waals surface area contributed by atoms with E-state index in [0.29, 0.717) is 17.0 Å². The third kappa shape index (κ3) is 4.23. The van der Waals surface area contributed by atoms with Gasteiger partial charge >= 0.3 is 5.97 Å². The Morgan fingerprint density at radius 3 is 1.90 bits per heavy atom. The van der Waals surface area contributed by atoms with E-state index < -0.39 is 12.0 Å². The number of nitrogens with zero attached hydrogens (tertiary/aromatic N) is 2. The van der Waals surface area contributed by atoms with E-state index in [1.54, 1.807) is 28.9 Å². The predicted molar refractivity (Wildman–Crippen MR) is 114 cm³/mol. The van der Waals surface area contributed by atoms with Gasteiger partial charge in [-0.3, -0.25) is 9.48 Å². The minimum Gasteiger partial charge on any atom is -0.481 e. The maximum atomic E-state index is 13.6. The molecule has 0 saturated heterocycles. The lowest BCUT2D eigenvalue weighted by Crippen LogP contribution is -2.16. The smallest absolute Gasteiger partial charge is 0.307 e. The number of rotatable bonds is 6. The predicted octanol–water partition coefficient (Wildman–Crippen LogP) is 5.40. The minimum absolute atomic E-state index is 0.185. The van der Waals surface area contributed by atoms with Gasteiger partial charge in [0.25, 0.3) is 0 Å². The Hall–Kier alpha value is -3.80. The molecule has 0 spiro atoms. The van der Waals surface area contributed by atoms with Crippen molar-refractivity contribution in [1.29, 1.82) is 0 Å². The van der Waals surface area contributed by atoms with Crippen molar-refractivity contribution in [3.05, 3.63) is 113 Å². The van der Waals surface area contributed by atoms with E-state index in [2.05, 4.69) is 0 Å². The van der Waals surface area contributed by atoms with E-state index in [0.717, 1.165) is 16.7 Å². The third-order valence-electron chi connectivity index (χ3n) is 5.27. The first-order valence-corrected chi connectivity index (χ1v) is 9.80. The number of hydrogen-bond acceptors (Lipinski definition) is 2. The standard InChI is InChI=1S/C25H20F2N2O2/c1-16-22(15-23(30)31)24(17-5-3-2-4-6-17)28-29(16)25(18-7-11-20(26)12-8-18)19-9-13-21(27)14-10-19/h2-14,25H,15H2,1H3,(H,30,31). The van der Waals surface area contributed by atoms with Crippen molar-refractivity contribution in [3.63, 3.8) is 0 Å².